The molecule has 0 heterocycles. The summed E-state index contributed by atoms with van der Waals surface area (Å²) in [6, 6.07) is 0. The Labute approximate surface area is 104 Å². The number of ether oxygens (including phenoxy) is 2. The first-order chi connectivity index (χ1) is 7.16. The average molecular weight is 248 g/mol. The molecule has 3 nitrogen and oxygen atoms in total. The molecule has 0 spiro atoms. The summed E-state index contributed by atoms with van der Waals surface area (Å²) in [4.78, 5) is 11.6. The highest BCUT2D eigenvalue weighted by Crippen LogP contribution is 2.21. The van der Waals surface area contributed by atoms with Crippen molar-refractivity contribution >= 4 is 18.6 Å². The van der Waals surface area contributed by atoms with Crippen molar-refractivity contribution in [2.75, 3.05) is 13.2 Å². The number of thiol groups is 1. The van der Waals surface area contributed by atoms with Crippen LogP contribution in [0.1, 0.15) is 47.5 Å². The number of esters is 1. The highest BCUT2D eigenvalue weighted by Gasteiger charge is 2.27. The summed E-state index contributed by atoms with van der Waals surface area (Å²) < 4.78 is 10.2. The molecular weight excluding hydrogens is 224 g/mol. The summed E-state index contributed by atoms with van der Waals surface area (Å²) in [7, 11) is 0. The molecule has 0 aromatic carbocycles. The van der Waals surface area contributed by atoms with Gasteiger partial charge in [-0.05, 0) is 34.1 Å². The lowest BCUT2D eigenvalue weighted by Crippen LogP contribution is -2.32. The van der Waals surface area contributed by atoms with Crippen LogP contribution < -0.4 is 0 Å². The van der Waals surface area contributed by atoms with Gasteiger partial charge in [-0.25, -0.2) is 0 Å². The zero-order valence-electron chi connectivity index (χ0n) is 11.0. The van der Waals surface area contributed by atoms with Crippen LogP contribution in [0.25, 0.3) is 0 Å². The average Bonchev–Trinajstić information content (AvgIpc) is 1.98. The van der Waals surface area contributed by atoms with Gasteiger partial charge in [0.2, 0.25) is 0 Å². The summed E-state index contributed by atoms with van der Waals surface area (Å²) in [6.07, 6.45) is 1.23. The van der Waals surface area contributed by atoms with E-state index >= 15 is 0 Å². The molecule has 0 rings (SSSR count). The zero-order valence-corrected chi connectivity index (χ0v) is 11.9. The van der Waals surface area contributed by atoms with Crippen LogP contribution in [0.3, 0.4) is 0 Å². The molecule has 0 aromatic heterocycles. The van der Waals surface area contributed by atoms with Crippen molar-refractivity contribution in [3.8, 4) is 0 Å². The maximum absolute atomic E-state index is 11.6. The highest BCUT2D eigenvalue weighted by atomic mass is 32.1. The zero-order chi connectivity index (χ0) is 12.8. The van der Waals surface area contributed by atoms with E-state index in [-0.39, 0.29) is 12.4 Å². The Morgan fingerprint density at radius 3 is 2.25 bits per heavy atom. The molecule has 0 N–H and O–H groups in total. The Balaban J connectivity index is 4.00. The van der Waals surface area contributed by atoms with Crippen LogP contribution >= 0.6 is 12.6 Å². The second kappa shape index (κ2) is 6.50. The lowest BCUT2D eigenvalue weighted by atomic mass is 10.1. The van der Waals surface area contributed by atoms with E-state index in [1.165, 1.54) is 0 Å². The lowest BCUT2D eigenvalue weighted by Gasteiger charge is -2.25. The van der Waals surface area contributed by atoms with Gasteiger partial charge in [0, 0.05) is 11.4 Å². The normalized spacial score (nSPS) is 15.6. The molecule has 96 valence electrons. The quantitative estimate of drug-likeness (QED) is 0.446. The van der Waals surface area contributed by atoms with Crippen LogP contribution in [-0.4, -0.2) is 29.5 Å². The van der Waals surface area contributed by atoms with E-state index in [2.05, 4.69) is 12.6 Å². The molecule has 0 aliphatic carbocycles. The molecule has 0 amide bonds. The van der Waals surface area contributed by atoms with Crippen molar-refractivity contribution in [2.24, 2.45) is 0 Å². The van der Waals surface area contributed by atoms with Gasteiger partial charge in [0.15, 0.2) is 0 Å². The van der Waals surface area contributed by atoms with Crippen molar-refractivity contribution in [2.45, 2.75) is 57.8 Å². The summed E-state index contributed by atoms with van der Waals surface area (Å²) in [5, 5.41) is 0. The Hall–Kier alpha value is -0.220. The monoisotopic (exact) mass is 248 g/mol. The third-order valence-electron chi connectivity index (χ3n) is 1.71. The maximum atomic E-state index is 11.6. The summed E-state index contributed by atoms with van der Waals surface area (Å²) in [5.41, 5.74) is -0.439. The second-order valence-electron chi connectivity index (χ2n) is 5.31. The first-order valence-electron chi connectivity index (χ1n) is 5.68. The van der Waals surface area contributed by atoms with Crippen molar-refractivity contribution in [3.63, 3.8) is 0 Å². The predicted octanol–water partition coefficient (Wildman–Crippen LogP) is 2.83. The summed E-state index contributed by atoms with van der Waals surface area (Å²) in [6.45, 7) is 10.7. The number of hydrogen-bond donors (Lipinski definition) is 1. The van der Waals surface area contributed by atoms with Crippen LogP contribution in [0.4, 0.5) is 0 Å². The Morgan fingerprint density at radius 2 is 1.81 bits per heavy atom. The van der Waals surface area contributed by atoms with E-state index in [9.17, 15) is 4.79 Å². The molecule has 1 unspecified atom stereocenters. The Morgan fingerprint density at radius 1 is 1.25 bits per heavy atom. The van der Waals surface area contributed by atoms with E-state index in [0.717, 1.165) is 6.42 Å². The highest BCUT2D eigenvalue weighted by molar-refractivity contribution is 7.81. The minimum atomic E-state index is -0.461. The third kappa shape index (κ3) is 9.04. The molecule has 0 aromatic rings. The molecule has 0 radical (unpaired) electrons. The summed E-state index contributed by atoms with van der Waals surface area (Å²) >= 11 is 4.42. The third-order valence-corrected chi connectivity index (χ3v) is 1.99. The number of rotatable bonds is 6. The molecule has 0 fully saturated rings. The minimum absolute atomic E-state index is 0.231. The van der Waals surface area contributed by atoms with Gasteiger partial charge < -0.3 is 9.47 Å². The van der Waals surface area contributed by atoms with E-state index in [1.54, 1.807) is 0 Å². The first-order valence-corrected chi connectivity index (χ1v) is 6.13. The fourth-order valence-corrected chi connectivity index (χ4v) is 1.40. The topological polar surface area (TPSA) is 35.5 Å². The maximum Gasteiger partial charge on any atom is 0.307 e. The first kappa shape index (κ1) is 15.8. The van der Waals surface area contributed by atoms with Crippen LogP contribution in [0.2, 0.25) is 0 Å². The SMILES string of the molecule is CCCOCC(C)(S)CC(=O)OC(C)(C)C. The van der Waals surface area contributed by atoms with Gasteiger partial charge in [-0.15, -0.1) is 0 Å². The molecule has 0 saturated carbocycles. The molecule has 0 bridgehead atoms. The van der Waals surface area contributed by atoms with Crippen molar-refractivity contribution in [1.29, 1.82) is 0 Å². The van der Waals surface area contributed by atoms with Crippen molar-refractivity contribution < 1.29 is 14.3 Å². The molecule has 16 heavy (non-hydrogen) atoms. The minimum Gasteiger partial charge on any atom is -0.460 e. The van der Waals surface area contributed by atoms with Gasteiger partial charge in [0.25, 0.3) is 0 Å². The van der Waals surface area contributed by atoms with Crippen LogP contribution in [-0.2, 0) is 14.3 Å². The molecular formula is C12H24O3S. The van der Waals surface area contributed by atoms with Crippen LogP contribution in [0.5, 0.6) is 0 Å². The second-order valence-corrected chi connectivity index (χ2v) is 6.39. The van der Waals surface area contributed by atoms with Gasteiger partial charge in [-0.1, -0.05) is 6.92 Å². The number of carbonyl (C=O) groups excluding carboxylic acids is 1. The number of carbonyl (C=O) groups is 1. The fourth-order valence-electron chi connectivity index (χ4n) is 1.18. The standard InChI is InChI=1S/C12H24O3S/c1-6-7-14-9-12(5,16)8-10(13)15-11(2,3)4/h16H,6-9H2,1-5H3. The molecule has 4 heteroatoms. The van der Waals surface area contributed by atoms with Crippen molar-refractivity contribution in [1.82, 2.24) is 0 Å². The Bertz CT molecular complexity index is 219. The van der Waals surface area contributed by atoms with Crippen LogP contribution in [0, 0.1) is 0 Å². The van der Waals surface area contributed by atoms with Crippen molar-refractivity contribution in [3.05, 3.63) is 0 Å². The van der Waals surface area contributed by atoms with E-state index in [1.807, 2.05) is 34.6 Å². The van der Waals surface area contributed by atoms with Crippen LogP contribution in [0.15, 0.2) is 0 Å². The fraction of sp³-hybridized carbons (Fsp3) is 0.917. The molecule has 0 aliphatic rings. The van der Waals surface area contributed by atoms with E-state index in [4.69, 9.17) is 9.47 Å². The Kier molecular flexibility index (Phi) is 6.41. The molecule has 0 saturated heterocycles. The van der Waals surface area contributed by atoms with E-state index in [0.29, 0.717) is 13.2 Å². The van der Waals surface area contributed by atoms with Gasteiger partial charge in [-0.2, -0.15) is 12.6 Å². The van der Waals surface area contributed by atoms with E-state index < -0.39 is 10.3 Å². The molecule has 1 atom stereocenters. The van der Waals surface area contributed by atoms with Gasteiger partial charge in [0.05, 0.1) is 13.0 Å². The smallest absolute Gasteiger partial charge is 0.307 e. The largest absolute Gasteiger partial charge is 0.460 e. The van der Waals surface area contributed by atoms with Gasteiger partial charge in [-0.3, -0.25) is 4.79 Å². The number of hydrogen-bond acceptors (Lipinski definition) is 4. The predicted molar refractivity (Wildman–Crippen MR) is 69.0 cm³/mol. The van der Waals surface area contributed by atoms with Gasteiger partial charge in [0.1, 0.15) is 5.60 Å². The summed E-state index contributed by atoms with van der Waals surface area (Å²) in [5.74, 6) is -0.231. The van der Waals surface area contributed by atoms with Gasteiger partial charge >= 0.3 is 5.97 Å². The lowest BCUT2D eigenvalue weighted by molar-refractivity contribution is -0.155. The molecule has 0 aliphatic heterocycles.